The number of benzene rings is 1. The van der Waals surface area contributed by atoms with Gasteiger partial charge in [0.2, 0.25) is 5.91 Å². The molecule has 1 saturated heterocycles. The molecule has 1 aromatic heterocycles. The monoisotopic (exact) mass is 474 g/mol. The number of nitrogens with zero attached hydrogens (tertiary/aromatic N) is 2. The van der Waals surface area contributed by atoms with Crippen LogP contribution >= 0.6 is 0 Å². The molecule has 182 valence electrons. The molecule has 1 atom stereocenters. The van der Waals surface area contributed by atoms with Crippen molar-refractivity contribution < 1.29 is 22.8 Å². The Morgan fingerprint density at radius 3 is 2.53 bits per heavy atom. The zero-order valence-electron chi connectivity index (χ0n) is 18.9. The third kappa shape index (κ3) is 6.14. The molecule has 9 heteroatoms. The first kappa shape index (κ1) is 24.2. The number of rotatable bonds is 6. The van der Waals surface area contributed by atoms with Crippen molar-refractivity contribution in [2.45, 2.75) is 56.3 Å². The maximum atomic E-state index is 12.8. The van der Waals surface area contributed by atoms with E-state index < -0.39 is 17.6 Å². The van der Waals surface area contributed by atoms with E-state index in [1.807, 2.05) is 18.3 Å². The van der Waals surface area contributed by atoms with E-state index in [-0.39, 0.29) is 24.1 Å². The quantitative estimate of drug-likeness (QED) is 0.669. The maximum absolute atomic E-state index is 12.8. The van der Waals surface area contributed by atoms with Gasteiger partial charge >= 0.3 is 6.18 Å². The van der Waals surface area contributed by atoms with Crippen molar-refractivity contribution in [1.82, 2.24) is 20.5 Å². The molecule has 6 nitrogen and oxygen atoms in total. The van der Waals surface area contributed by atoms with Crippen LogP contribution in [0.3, 0.4) is 0 Å². The number of hydrogen-bond donors (Lipinski definition) is 2. The Labute approximate surface area is 196 Å². The molecule has 2 aliphatic rings. The lowest BCUT2D eigenvalue weighted by Crippen LogP contribution is -2.44. The molecule has 2 N–H and O–H groups in total. The molecule has 2 amide bonds. The fraction of sp³-hybridized carbons (Fsp3) is 0.480. The molecule has 4 rings (SSSR count). The summed E-state index contributed by atoms with van der Waals surface area (Å²) in [4.78, 5) is 31.4. The molecule has 0 bridgehead atoms. The average molecular weight is 475 g/mol. The van der Waals surface area contributed by atoms with Gasteiger partial charge in [-0.05, 0) is 62.4 Å². The van der Waals surface area contributed by atoms with Crippen molar-refractivity contribution in [1.29, 1.82) is 0 Å². The van der Waals surface area contributed by atoms with Gasteiger partial charge < -0.3 is 10.6 Å². The highest BCUT2D eigenvalue weighted by atomic mass is 19.4. The van der Waals surface area contributed by atoms with Crippen molar-refractivity contribution in [2.24, 2.45) is 0 Å². The zero-order valence-corrected chi connectivity index (χ0v) is 18.9. The van der Waals surface area contributed by atoms with E-state index in [4.69, 9.17) is 0 Å². The molecule has 2 fully saturated rings. The lowest BCUT2D eigenvalue weighted by atomic mass is 9.83. The fourth-order valence-corrected chi connectivity index (χ4v) is 4.97. The smallest absolute Gasteiger partial charge is 0.350 e. The second-order valence-electron chi connectivity index (χ2n) is 9.07. The molecule has 0 unspecified atom stereocenters. The van der Waals surface area contributed by atoms with Crippen LogP contribution in [0.15, 0.2) is 48.7 Å². The van der Waals surface area contributed by atoms with Crippen molar-refractivity contribution in [3.05, 3.63) is 65.5 Å². The molecular weight excluding hydrogens is 445 g/mol. The first-order valence-electron chi connectivity index (χ1n) is 11.7. The number of halogens is 3. The van der Waals surface area contributed by atoms with Crippen LogP contribution in [0.2, 0.25) is 0 Å². The van der Waals surface area contributed by atoms with Crippen LogP contribution in [0.25, 0.3) is 0 Å². The summed E-state index contributed by atoms with van der Waals surface area (Å²) in [5.41, 5.74) is 0.139. The highest BCUT2D eigenvalue weighted by molar-refractivity contribution is 5.96. The van der Waals surface area contributed by atoms with E-state index >= 15 is 0 Å². The minimum Gasteiger partial charge on any atom is -0.350 e. The second kappa shape index (κ2) is 10.5. The van der Waals surface area contributed by atoms with Crippen molar-refractivity contribution >= 4 is 11.8 Å². The number of carbonyl (C=O) groups excluding carboxylic acids is 2. The predicted molar refractivity (Wildman–Crippen MR) is 121 cm³/mol. The normalized spacial score (nSPS) is 23.4. The maximum Gasteiger partial charge on any atom is 0.416 e. The lowest BCUT2D eigenvalue weighted by molar-refractivity contribution is -0.137. The SMILES string of the molecule is O=C(CNC(=O)c1cccc(C(F)(F)F)c1)N[C@@H]1CCN(C2CCC(c3ccccn3)CC2)C1. The minimum absolute atomic E-state index is 0.00599. The Bertz CT molecular complexity index is 991. The van der Waals surface area contributed by atoms with Crippen LogP contribution in [0.1, 0.15) is 59.6 Å². The molecule has 2 heterocycles. The van der Waals surface area contributed by atoms with Crippen molar-refractivity contribution in [3.63, 3.8) is 0 Å². The Kier molecular flexibility index (Phi) is 7.50. The molecular formula is C25H29F3N4O2. The topological polar surface area (TPSA) is 74.3 Å². The summed E-state index contributed by atoms with van der Waals surface area (Å²) in [6, 6.07) is 10.7. The summed E-state index contributed by atoms with van der Waals surface area (Å²) in [5.74, 6) is -0.541. The number of likely N-dealkylation sites (tertiary alicyclic amines) is 1. The Morgan fingerprint density at radius 1 is 1.03 bits per heavy atom. The first-order valence-corrected chi connectivity index (χ1v) is 11.7. The summed E-state index contributed by atoms with van der Waals surface area (Å²) < 4.78 is 38.5. The Balaban J connectivity index is 1.19. The number of carbonyl (C=O) groups is 2. The Hall–Kier alpha value is -2.94. The first-order chi connectivity index (χ1) is 16.3. The lowest BCUT2D eigenvalue weighted by Gasteiger charge is -2.34. The van der Waals surface area contributed by atoms with E-state index in [1.165, 1.54) is 17.8 Å². The predicted octanol–water partition coefficient (Wildman–Crippen LogP) is 3.75. The van der Waals surface area contributed by atoms with Gasteiger partial charge in [-0.1, -0.05) is 12.1 Å². The fourth-order valence-electron chi connectivity index (χ4n) is 4.97. The highest BCUT2D eigenvalue weighted by Crippen LogP contribution is 2.35. The molecule has 34 heavy (non-hydrogen) atoms. The number of nitrogens with one attached hydrogen (secondary N) is 2. The van der Waals surface area contributed by atoms with E-state index in [0.29, 0.717) is 12.0 Å². The van der Waals surface area contributed by atoms with Crippen LogP contribution in [-0.2, 0) is 11.0 Å². The summed E-state index contributed by atoms with van der Waals surface area (Å²) in [6.45, 7) is 1.41. The number of alkyl halides is 3. The number of amides is 2. The van der Waals surface area contributed by atoms with Crippen LogP contribution in [0.4, 0.5) is 13.2 Å². The second-order valence-corrected chi connectivity index (χ2v) is 9.07. The average Bonchev–Trinajstić information content (AvgIpc) is 3.31. The highest BCUT2D eigenvalue weighted by Gasteiger charge is 2.33. The summed E-state index contributed by atoms with van der Waals surface area (Å²) >= 11 is 0. The van der Waals surface area contributed by atoms with Crippen LogP contribution in [-0.4, -0.2) is 53.4 Å². The number of hydrogen-bond acceptors (Lipinski definition) is 4. The van der Waals surface area contributed by atoms with E-state index in [9.17, 15) is 22.8 Å². The van der Waals surface area contributed by atoms with Gasteiger partial charge in [-0.2, -0.15) is 13.2 Å². The zero-order chi connectivity index (χ0) is 24.1. The molecule has 0 radical (unpaired) electrons. The largest absolute Gasteiger partial charge is 0.416 e. The third-order valence-electron chi connectivity index (χ3n) is 6.77. The third-order valence-corrected chi connectivity index (χ3v) is 6.77. The van der Waals surface area contributed by atoms with Crippen LogP contribution in [0, 0.1) is 0 Å². The minimum atomic E-state index is -4.53. The van der Waals surface area contributed by atoms with Gasteiger partial charge in [0.1, 0.15) is 0 Å². The molecule has 0 spiro atoms. The summed E-state index contributed by atoms with van der Waals surface area (Å²) in [7, 11) is 0. The van der Waals surface area contributed by atoms with Gasteiger partial charge in [-0.3, -0.25) is 19.5 Å². The number of aromatic nitrogens is 1. The van der Waals surface area contributed by atoms with Gasteiger partial charge in [0.05, 0.1) is 12.1 Å². The summed E-state index contributed by atoms with van der Waals surface area (Å²) in [5, 5.41) is 5.35. The van der Waals surface area contributed by atoms with Gasteiger partial charge in [0, 0.05) is 48.5 Å². The Morgan fingerprint density at radius 2 is 1.82 bits per heavy atom. The van der Waals surface area contributed by atoms with Gasteiger partial charge in [0.25, 0.3) is 5.91 Å². The molecule has 1 aliphatic carbocycles. The summed E-state index contributed by atoms with van der Waals surface area (Å²) in [6.07, 6.45) is 2.59. The standard InChI is InChI=1S/C25H29F3N4O2/c26-25(27,28)19-5-3-4-18(14-19)24(34)30-15-23(33)31-20-11-13-32(16-20)21-9-7-17(8-10-21)22-6-1-2-12-29-22/h1-6,12,14,17,20-21H,7-11,13,15-16H2,(H,30,34)(H,31,33)/t17?,20-,21?/m1/s1. The van der Waals surface area contributed by atoms with E-state index in [0.717, 1.165) is 57.3 Å². The van der Waals surface area contributed by atoms with E-state index in [1.54, 1.807) is 0 Å². The molecule has 1 aliphatic heterocycles. The van der Waals surface area contributed by atoms with Gasteiger partial charge in [-0.25, -0.2) is 0 Å². The molecule has 1 aromatic carbocycles. The van der Waals surface area contributed by atoms with Crippen molar-refractivity contribution in [3.8, 4) is 0 Å². The van der Waals surface area contributed by atoms with Crippen LogP contribution in [0.5, 0.6) is 0 Å². The number of pyridine rings is 1. The van der Waals surface area contributed by atoms with Gasteiger partial charge in [-0.15, -0.1) is 0 Å². The van der Waals surface area contributed by atoms with E-state index in [2.05, 4.69) is 26.6 Å². The van der Waals surface area contributed by atoms with Crippen LogP contribution < -0.4 is 10.6 Å². The van der Waals surface area contributed by atoms with Gasteiger partial charge in [0.15, 0.2) is 0 Å². The van der Waals surface area contributed by atoms with Crippen molar-refractivity contribution in [2.75, 3.05) is 19.6 Å². The molecule has 2 aromatic rings. The molecule has 1 saturated carbocycles.